The predicted octanol–water partition coefficient (Wildman–Crippen LogP) is 3.18. The molecule has 1 aromatic carbocycles. The molecule has 0 atom stereocenters. The summed E-state index contributed by atoms with van der Waals surface area (Å²) in [5.41, 5.74) is 2.89. The van der Waals surface area contributed by atoms with Gasteiger partial charge in [-0.05, 0) is 24.0 Å². The van der Waals surface area contributed by atoms with Crippen LogP contribution in [0.15, 0.2) is 30.3 Å². The Balaban J connectivity index is 0.000000251. The molecule has 0 saturated heterocycles. The second-order valence-electron chi connectivity index (χ2n) is 2.86. The fourth-order valence-electron chi connectivity index (χ4n) is 1.37. The summed E-state index contributed by atoms with van der Waals surface area (Å²) in [5, 5.41) is 7.32. The van der Waals surface area contributed by atoms with Gasteiger partial charge in [-0.2, -0.15) is 5.26 Å². The zero-order chi connectivity index (χ0) is 9.52. The van der Waals surface area contributed by atoms with Crippen LogP contribution in [0.5, 0.6) is 0 Å². The van der Waals surface area contributed by atoms with Gasteiger partial charge in [0, 0.05) is 6.92 Å². The Labute approximate surface area is 79.3 Å². The van der Waals surface area contributed by atoms with E-state index in [-0.39, 0.29) is 0 Å². The van der Waals surface area contributed by atoms with Crippen LogP contribution < -0.4 is 0 Å². The highest BCUT2D eigenvalue weighted by atomic mass is 14.2. The lowest BCUT2D eigenvalue weighted by atomic mass is 9.98. The zero-order valence-corrected chi connectivity index (χ0v) is 7.83. The van der Waals surface area contributed by atoms with E-state index < -0.39 is 0 Å². The zero-order valence-electron chi connectivity index (χ0n) is 7.83. The van der Waals surface area contributed by atoms with Crippen LogP contribution in [0.3, 0.4) is 0 Å². The highest BCUT2D eigenvalue weighted by molar-refractivity contribution is 5.55. The molecule has 0 aliphatic heterocycles. The lowest BCUT2D eigenvalue weighted by molar-refractivity contribution is 0.986. The number of nitrogens with zero attached hydrogens (tertiary/aromatic N) is 1. The van der Waals surface area contributed by atoms with Crippen LogP contribution in [0.1, 0.15) is 24.5 Å². The molecule has 0 spiro atoms. The molecular formula is C12H13N. The van der Waals surface area contributed by atoms with Gasteiger partial charge in [0.2, 0.25) is 0 Å². The second-order valence-corrected chi connectivity index (χ2v) is 2.86. The predicted molar refractivity (Wildman–Crippen MR) is 55.1 cm³/mol. The molecule has 0 bridgehead atoms. The summed E-state index contributed by atoms with van der Waals surface area (Å²) in [6, 6.07) is 10.3. The molecule has 1 heteroatoms. The quantitative estimate of drug-likeness (QED) is 0.588. The number of nitriles is 1. The molecule has 0 aromatic heterocycles. The number of aryl methyl sites for hydroxylation is 1. The van der Waals surface area contributed by atoms with E-state index >= 15 is 0 Å². The van der Waals surface area contributed by atoms with Crippen LogP contribution in [-0.4, -0.2) is 0 Å². The molecule has 1 aliphatic rings. The fourth-order valence-corrected chi connectivity index (χ4v) is 1.37. The van der Waals surface area contributed by atoms with Crippen molar-refractivity contribution in [3.8, 4) is 6.07 Å². The molecule has 1 aliphatic carbocycles. The summed E-state index contributed by atoms with van der Waals surface area (Å²) in [6.45, 7) is 1.43. The number of hydrogen-bond donors (Lipinski definition) is 0. The van der Waals surface area contributed by atoms with Gasteiger partial charge in [0.25, 0.3) is 0 Å². The van der Waals surface area contributed by atoms with Gasteiger partial charge in [0.1, 0.15) is 0 Å². The van der Waals surface area contributed by atoms with Crippen molar-refractivity contribution in [1.82, 2.24) is 0 Å². The molecule has 1 nitrogen and oxygen atoms in total. The first kappa shape index (κ1) is 9.54. The van der Waals surface area contributed by atoms with Gasteiger partial charge in [0.15, 0.2) is 0 Å². The van der Waals surface area contributed by atoms with Crippen molar-refractivity contribution in [3.05, 3.63) is 41.5 Å². The fraction of sp³-hybridized carbons (Fsp3) is 0.250. The minimum atomic E-state index is 1.21. The highest BCUT2D eigenvalue weighted by Gasteiger charge is 2.00. The summed E-state index contributed by atoms with van der Waals surface area (Å²) >= 11 is 0. The maximum Gasteiger partial charge on any atom is 0.0587 e. The maximum absolute atomic E-state index is 7.32. The van der Waals surface area contributed by atoms with Crippen molar-refractivity contribution in [2.24, 2.45) is 0 Å². The Kier molecular flexibility index (Phi) is 3.78. The van der Waals surface area contributed by atoms with Crippen molar-refractivity contribution >= 4 is 6.08 Å². The van der Waals surface area contributed by atoms with Crippen LogP contribution >= 0.6 is 0 Å². The van der Waals surface area contributed by atoms with Gasteiger partial charge in [0.05, 0.1) is 6.07 Å². The average molecular weight is 171 g/mol. The lowest BCUT2D eigenvalue weighted by Gasteiger charge is -2.07. The molecule has 0 radical (unpaired) electrons. The molecule has 0 heterocycles. The van der Waals surface area contributed by atoms with Gasteiger partial charge < -0.3 is 0 Å². The van der Waals surface area contributed by atoms with E-state index in [1.165, 1.54) is 30.9 Å². The van der Waals surface area contributed by atoms with Crippen molar-refractivity contribution in [3.63, 3.8) is 0 Å². The van der Waals surface area contributed by atoms with Gasteiger partial charge in [-0.1, -0.05) is 36.4 Å². The van der Waals surface area contributed by atoms with E-state index in [1.54, 1.807) is 6.07 Å². The van der Waals surface area contributed by atoms with Crippen LogP contribution in [0.25, 0.3) is 6.08 Å². The van der Waals surface area contributed by atoms with E-state index in [9.17, 15) is 0 Å². The Morgan fingerprint density at radius 2 is 2.00 bits per heavy atom. The van der Waals surface area contributed by atoms with E-state index in [4.69, 9.17) is 5.26 Å². The van der Waals surface area contributed by atoms with E-state index in [0.717, 1.165) is 0 Å². The van der Waals surface area contributed by atoms with E-state index in [2.05, 4.69) is 36.4 Å². The third kappa shape index (κ3) is 2.76. The molecule has 0 unspecified atom stereocenters. The Hall–Kier alpha value is -1.55. The number of fused-ring (bicyclic) bond motifs is 1. The van der Waals surface area contributed by atoms with Gasteiger partial charge >= 0.3 is 0 Å². The minimum absolute atomic E-state index is 1.21. The van der Waals surface area contributed by atoms with Crippen molar-refractivity contribution in [2.75, 3.05) is 0 Å². The number of hydrogen-bond acceptors (Lipinski definition) is 1. The van der Waals surface area contributed by atoms with Crippen LogP contribution in [0.4, 0.5) is 0 Å². The van der Waals surface area contributed by atoms with Crippen molar-refractivity contribution in [1.29, 1.82) is 5.26 Å². The first-order chi connectivity index (χ1) is 6.38. The molecule has 13 heavy (non-hydrogen) atoms. The average Bonchev–Trinajstić information content (AvgIpc) is 2.19. The topological polar surface area (TPSA) is 23.8 Å². The van der Waals surface area contributed by atoms with E-state index in [0.29, 0.717) is 0 Å². The highest BCUT2D eigenvalue weighted by Crippen LogP contribution is 2.17. The smallest absolute Gasteiger partial charge is 0.0587 e. The standard InChI is InChI=1S/C10H10.C2H3N/c1-2-6-10-8-4-3-7-9(10)5-1;1-2-3/h1-3,5-7H,4,8H2;1H3. The van der Waals surface area contributed by atoms with Crippen LogP contribution in [-0.2, 0) is 6.42 Å². The third-order valence-corrected chi connectivity index (χ3v) is 1.93. The molecular weight excluding hydrogens is 158 g/mol. The van der Waals surface area contributed by atoms with Crippen LogP contribution in [0.2, 0.25) is 0 Å². The molecule has 0 amide bonds. The first-order valence-corrected chi connectivity index (χ1v) is 4.43. The summed E-state index contributed by atoms with van der Waals surface area (Å²) < 4.78 is 0. The number of allylic oxidation sites excluding steroid dienone is 1. The van der Waals surface area contributed by atoms with Crippen LogP contribution in [0, 0.1) is 11.3 Å². The normalized spacial score (nSPS) is 12.0. The van der Waals surface area contributed by atoms with Gasteiger partial charge in [-0.3, -0.25) is 0 Å². The third-order valence-electron chi connectivity index (χ3n) is 1.93. The SMILES string of the molecule is C1=Cc2ccccc2CC1.CC#N. The molecule has 0 saturated carbocycles. The number of rotatable bonds is 0. The largest absolute Gasteiger partial charge is 0.199 e. The van der Waals surface area contributed by atoms with Gasteiger partial charge in [-0.15, -0.1) is 0 Å². The monoisotopic (exact) mass is 171 g/mol. The Morgan fingerprint density at radius 1 is 1.31 bits per heavy atom. The van der Waals surface area contributed by atoms with Crippen molar-refractivity contribution < 1.29 is 0 Å². The molecule has 1 aromatic rings. The first-order valence-electron chi connectivity index (χ1n) is 4.43. The summed E-state index contributed by atoms with van der Waals surface area (Å²) in [6.07, 6.45) is 6.87. The molecule has 2 rings (SSSR count). The van der Waals surface area contributed by atoms with E-state index in [1.807, 2.05) is 0 Å². The van der Waals surface area contributed by atoms with Gasteiger partial charge in [-0.25, -0.2) is 0 Å². The number of benzene rings is 1. The molecule has 0 fully saturated rings. The summed E-state index contributed by atoms with van der Waals surface area (Å²) in [5.74, 6) is 0. The molecule has 66 valence electrons. The minimum Gasteiger partial charge on any atom is -0.199 e. The molecule has 0 N–H and O–H groups in total. The van der Waals surface area contributed by atoms with Crippen molar-refractivity contribution in [2.45, 2.75) is 19.8 Å². The Bertz CT molecular complexity index is 331. The summed E-state index contributed by atoms with van der Waals surface area (Å²) in [7, 11) is 0. The Morgan fingerprint density at radius 3 is 2.69 bits per heavy atom. The maximum atomic E-state index is 7.32. The second kappa shape index (κ2) is 5.16. The summed E-state index contributed by atoms with van der Waals surface area (Å²) in [4.78, 5) is 0. The lowest BCUT2D eigenvalue weighted by Crippen LogP contribution is -1.91.